The first-order chi connectivity index (χ1) is 6.84. The summed E-state index contributed by atoms with van der Waals surface area (Å²) >= 11 is 0. The van der Waals surface area contributed by atoms with Crippen LogP contribution < -0.4 is 5.73 Å². The van der Waals surface area contributed by atoms with Crippen LogP contribution in [0.15, 0.2) is 30.3 Å². The SMILES string of the molecule is Nc1cc2ccccc2c(C2CC2)n1. The number of anilines is 1. The molecule has 70 valence electrons. The molecule has 0 spiro atoms. The van der Waals surface area contributed by atoms with Crippen LogP contribution in [-0.2, 0) is 0 Å². The summed E-state index contributed by atoms with van der Waals surface area (Å²) in [5, 5.41) is 2.48. The van der Waals surface area contributed by atoms with E-state index in [1.807, 2.05) is 12.1 Å². The number of aromatic nitrogens is 1. The number of hydrogen-bond donors (Lipinski definition) is 1. The smallest absolute Gasteiger partial charge is 0.124 e. The Morgan fingerprint density at radius 2 is 2.00 bits per heavy atom. The van der Waals surface area contributed by atoms with E-state index < -0.39 is 0 Å². The first-order valence-corrected chi connectivity index (χ1v) is 5.00. The summed E-state index contributed by atoms with van der Waals surface area (Å²) in [5.41, 5.74) is 6.97. The molecule has 0 aliphatic heterocycles. The Hall–Kier alpha value is -1.57. The van der Waals surface area contributed by atoms with Crippen molar-refractivity contribution in [3.05, 3.63) is 36.0 Å². The molecule has 0 bridgehead atoms. The number of hydrogen-bond acceptors (Lipinski definition) is 2. The Balaban J connectivity index is 2.34. The standard InChI is InChI=1S/C12H12N2/c13-11-7-9-3-1-2-4-10(9)12(14-11)8-5-6-8/h1-4,7-8H,5-6H2,(H2,13,14). The maximum atomic E-state index is 5.78. The van der Waals surface area contributed by atoms with Crippen molar-refractivity contribution in [2.75, 3.05) is 5.73 Å². The normalized spacial score (nSPS) is 16.0. The van der Waals surface area contributed by atoms with Gasteiger partial charge in [0.15, 0.2) is 0 Å². The fraction of sp³-hybridized carbons (Fsp3) is 0.250. The van der Waals surface area contributed by atoms with Crippen molar-refractivity contribution in [1.29, 1.82) is 0 Å². The van der Waals surface area contributed by atoms with E-state index in [4.69, 9.17) is 5.73 Å². The number of rotatable bonds is 1. The zero-order valence-electron chi connectivity index (χ0n) is 7.90. The summed E-state index contributed by atoms with van der Waals surface area (Å²) in [4.78, 5) is 4.44. The second kappa shape index (κ2) is 2.71. The number of nitrogens with zero attached hydrogens (tertiary/aromatic N) is 1. The van der Waals surface area contributed by atoms with Crippen molar-refractivity contribution in [3.8, 4) is 0 Å². The summed E-state index contributed by atoms with van der Waals surface area (Å²) in [7, 11) is 0. The molecule has 0 unspecified atom stereocenters. The molecule has 1 aromatic carbocycles. The minimum absolute atomic E-state index is 0.644. The minimum Gasteiger partial charge on any atom is -0.384 e. The molecular formula is C12H12N2. The third-order valence-corrected chi connectivity index (χ3v) is 2.75. The number of nitrogens with two attached hydrogens (primary N) is 1. The molecule has 14 heavy (non-hydrogen) atoms. The van der Waals surface area contributed by atoms with Crippen molar-refractivity contribution in [3.63, 3.8) is 0 Å². The van der Waals surface area contributed by atoms with Crippen molar-refractivity contribution in [1.82, 2.24) is 4.98 Å². The molecule has 3 rings (SSSR count). The van der Waals surface area contributed by atoms with Gasteiger partial charge in [0, 0.05) is 11.3 Å². The van der Waals surface area contributed by atoms with Crippen LogP contribution >= 0.6 is 0 Å². The van der Waals surface area contributed by atoms with Crippen LogP contribution in [0.25, 0.3) is 10.8 Å². The highest BCUT2D eigenvalue weighted by atomic mass is 14.8. The Kier molecular flexibility index (Phi) is 1.51. The van der Waals surface area contributed by atoms with Crippen molar-refractivity contribution < 1.29 is 0 Å². The number of fused-ring (bicyclic) bond motifs is 1. The molecule has 1 aromatic heterocycles. The van der Waals surface area contributed by atoms with Gasteiger partial charge in [-0.3, -0.25) is 0 Å². The van der Waals surface area contributed by atoms with Crippen LogP contribution in [0.1, 0.15) is 24.5 Å². The molecule has 0 saturated heterocycles. The fourth-order valence-electron chi connectivity index (χ4n) is 1.92. The third kappa shape index (κ3) is 1.15. The fourth-order valence-corrected chi connectivity index (χ4v) is 1.92. The highest BCUT2D eigenvalue weighted by Crippen LogP contribution is 2.42. The predicted molar refractivity (Wildman–Crippen MR) is 58.1 cm³/mol. The third-order valence-electron chi connectivity index (χ3n) is 2.75. The summed E-state index contributed by atoms with van der Waals surface area (Å²) in [6, 6.07) is 10.3. The Morgan fingerprint density at radius 1 is 1.21 bits per heavy atom. The van der Waals surface area contributed by atoms with Gasteiger partial charge in [0.2, 0.25) is 0 Å². The van der Waals surface area contributed by atoms with Crippen LogP contribution in [0.3, 0.4) is 0 Å². The molecule has 0 amide bonds. The molecule has 2 aromatic rings. The minimum atomic E-state index is 0.644. The first-order valence-electron chi connectivity index (χ1n) is 5.00. The summed E-state index contributed by atoms with van der Waals surface area (Å²) in [6.45, 7) is 0. The lowest BCUT2D eigenvalue weighted by atomic mass is 10.1. The van der Waals surface area contributed by atoms with Gasteiger partial charge in [-0.25, -0.2) is 4.98 Å². The van der Waals surface area contributed by atoms with Crippen LogP contribution in [-0.4, -0.2) is 4.98 Å². The van der Waals surface area contributed by atoms with Gasteiger partial charge in [-0.05, 0) is 24.3 Å². The van der Waals surface area contributed by atoms with E-state index in [-0.39, 0.29) is 0 Å². The lowest BCUT2D eigenvalue weighted by molar-refractivity contribution is 1.05. The van der Waals surface area contributed by atoms with Crippen LogP contribution in [0.2, 0.25) is 0 Å². The number of benzene rings is 1. The molecule has 1 fully saturated rings. The van der Waals surface area contributed by atoms with Gasteiger partial charge in [0.25, 0.3) is 0 Å². The van der Waals surface area contributed by atoms with Crippen LogP contribution in [0.5, 0.6) is 0 Å². The van der Waals surface area contributed by atoms with E-state index in [9.17, 15) is 0 Å². The Morgan fingerprint density at radius 3 is 2.79 bits per heavy atom. The van der Waals surface area contributed by atoms with Crippen LogP contribution in [0, 0.1) is 0 Å². The average Bonchev–Trinajstić information content (AvgIpc) is 2.99. The van der Waals surface area contributed by atoms with Crippen LogP contribution in [0.4, 0.5) is 5.82 Å². The Labute approximate surface area is 82.8 Å². The first kappa shape index (κ1) is 7.80. The molecule has 2 heteroatoms. The Bertz CT molecular complexity index is 487. The zero-order chi connectivity index (χ0) is 9.54. The van der Waals surface area contributed by atoms with E-state index >= 15 is 0 Å². The topological polar surface area (TPSA) is 38.9 Å². The molecule has 0 radical (unpaired) electrons. The van der Waals surface area contributed by atoms with E-state index in [0.29, 0.717) is 11.7 Å². The monoisotopic (exact) mass is 184 g/mol. The average molecular weight is 184 g/mol. The van der Waals surface area contributed by atoms with Gasteiger partial charge >= 0.3 is 0 Å². The van der Waals surface area contributed by atoms with Crippen molar-refractivity contribution in [2.45, 2.75) is 18.8 Å². The highest BCUT2D eigenvalue weighted by Gasteiger charge is 2.26. The van der Waals surface area contributed by atoms with E-state index in [2.05, 4.69) is 23.2 Å². The van der Waals surface area contributed by atoms with E-state index in [1.54, 1.807) is 0 Å². The molecule has 2 N–H and O–H groups in total. The van der Waals surface area contributed by atoms with Crippen molar-refractivity contribution >= 4 is 16.6 Å². The molecule has 0 atom stereocenters. The van der Waals surface area contributed by atoms with Gasteiger partial charge in [-0.15, -0.1) is 0 Å². The lowest BCUT2D eigenvalue weighted by Crippen LogP contribution is -1.95. The van der Waals surface area contributed by atoms with Gasteiger partial charge in [0.1, 0.15) is 5.82 Å². The second-order valence-electron chi connectivity index (χ2n) is 3.93. The maximum absolute atomic E-state index is 5.78. The summed E-state index contributed by atoms with van der Waals surface area (Å²) < 4.78 is 0. The number of nitrogen functional groups attached to an aromatic ring is 1. The lowest BCUT2D eigenvalue weighted by Gasteiger charge is -2.05. The number of pyridine rings is 1. The largest absolute Gasteiger partial charge is 0.384 e. The molecular weight excluding hydrogens is 172 g/mol. The van der Waals surface area contributed by atoms with Gasteiger partial charge < -0.3 is 5.73 Å². The second-order valence-corrected chi connectivity index (χ2v) is 3.93. The van der Waals surface area contributed by atoms with Crippen molar-refractivity contribution in [2.24, 2.45) is 0 Å². The maximum Gasteiger partial charge on any atom is 0.124 e. The summed E-state index contributed by atoms with van der Waals surface area (Å²) in [6.07, 6.45) is 2.53. The molecule has 1 aliphatic rings. The zero-order valence-corrected chi connectivity index (χ0v) is 7.90. The molecule has 2 nitrogen and oxygen atoms in total. The van der Waals surface area contributed by atoms with Gasteiger partial charge in [0.05, 0.1) is 5.69 Å². The molecule has 1 heterocycles. The van der Waals surface area contributed by atoms with Gasteiger partial charge in [-0.2, -0.15) is 0 Å². The van der Waals surface area contributed by atoms with E-state index in [1.165, 1.54) is 29.3 Å². The molecule has 1 aliphatic carbocycles. The van der Waals surface area contributed by atoms with E-state index in [0.717, 1.165) is 0 Å². The quantitative estimate of drug-likeness (QED) is 0.740. The molecule has 1 saturated carbocycles. The van der Waals surface area contributed by atoms with Gasteiger partial charge in [-0.1, -0.05) is 24.3 Å². The summed E-state index contributed by atoms with van der Waals surface area (Å²) in [5.74, 6) is 1.30. The predicted octanol–water partition coefficient (Wildman–Crippen LogP) is 2.69. The highest BCUT2D eigenvalue weighted by molar-refractivity contribution is 5.87.